The molecule has 3 aromatic heterocycles. The number of fused-ring (bicyclic) bond motifs is 12. The van der Waals surface area contributed by atoms with E-state index in [2.05, 4.69) is 564 Å². The summed E-state index contributed by atoms with van der Waals surface area (Å²) in [5.41, 5.74) is 44.7. The van der Waals surface area contributed by atoms with Crippen molar-refractivity contribution in [1.82, 2.24) is 0 Å². The molecule has 23 aromatic carbocycles. The van der Waals surface area contributed by atoms with Crippen LogP contribution in [-0.4, -0.2) is 0 Å². The van der Waals surface area contributed by atoms with Crippen molar-refractivity contribution in [3.8, 4) is 145 Å². The lowest BCUT2D eigenvalue weighted by molar-refractivity contribution is 0.660. The molecule has 0 saturated heterocycles. The third kappa shape index (κ3) is 21.2. The van der Waals surface area contributed by atoms with E-state index in [9.17, 15) is 0 Å². The highest BCUT2D eigenvalue weighted by Gasteiger charge is 2.36. The van der Waals surface area contributed by atoms with Crippen LogP contribution >= 0.6 is 47.8 Å². The minimum Gasteiger partial charge on any atom is -0.456 e. The molecule has 0 bridgehead atoms. The Morgan fingerprint density at radius 3 is 0.638 bits per heavy atom. The number of hydrogen-bond acceptors (Lipinski definition) is 5. The summed E-state index contributed by atoms with van der Waals surface area (Å²) in [4.78, 5) is 0. The number of benzene rings is 23. The van der Waals surface area contributed by atoms with E-state index < -0.39 is 0 Å². The van der Waals surface area contributed by atoms with Gasteiger partial charge in [0.15, 0.2) is 0 Å². The van der Waals surface area contributed by atoms with E-state index in [1.54, 1.807) is 0 Å². The van der Waals surface area contributed by atoms with Crippen LogP contribution in [-0.2, 0) is 5.41 Å². The van der Waals surface area contributed by atoms with Crippen molar-refractivity contribution < 1.29 is 13.3 Å². The predicted molar refractivity (Wildman–Crippen MR) is 639 cm³/mol. The summed E-state index contributed by atoms with van der Waals surface area (Å²) in [6.07, 6.45) is 0. The van der Waals surface area contributed by atoms with Crippen LogP contribution < -0.4 is 10.6 Å². The lowest BCUT2D eigenvalue weighted by atomic mass is 9.81. The van der Waals surface area contributed by atoms with Gasteiger partial charge in [0.25, 0.3) is 0 Å². The van der Waals surface area contributed by atoms with E-state index in [0.717, 1.165) is 80.4 Å². The van der Waals surface area contributed by atoms with Gasteiger partial charge >= 0.3 is 0 Å². The maximum absolute atomic E-state index is 6.00. The van der Waals surface area contributed by atoms with Crippen LogP contribution in [0, 0.1) is 0 Å². The fourth-order valence-corrected chi connectivity index (χ4v) is 20.9. The molecule has 27 rings (SSSR count). The first kappa shape index (κ1) is 95.0. The van der Waals surface area contributed by atoms with Gasteiger partial charge in [-0.1, -0.05) is 456 Å². The first-order valence-corrected chi connectivity index (χ1v) is 52.5. The Morgan fingerprint density at radius 1 is 0.148 bits per heavy atom. The highest BCUT2D eigenvalue weighted by Crippen LogP contribution is 2.51. The van der Waals surface area contributed by atoms with Gasteiger partial charge in [-0.2, -0.15) is 0 Å². The van der Waals surface area contributed by atoms with Gasteiger partial charge in [-0.25, -0.2) is 0 Å². The highest BCUT2D eigenvalue weighted by atomic mass is 79.9. The van der Waals surface area contributed by atoms with Gasteiger partial charge in [-0.05, 0) is 314 Å². The zero-order valence-electron chi connectivity index (χ0n) is 81.9. The molecular weight excluding hydrogens is 2010 g/mol. The van der Waals surface area contributed by atoms with E-state index in [-0.39, 0.29) is 5.41 Å². The molecule has 26 aromatic rings. The normalized spacial score (nSPS) is 11.6. The summed E-state index contributed by atoms with van der Waals surface area (Å²) < 4.78 is 21.1. The Morgan fingerprint density at radius 2 is 0.336 bits per heavy atom. The van der Waals surface area contributed by atoms with Crippen LogP contribution in [0.2, 0.25) is 0 Å². The molecule has 8 heteroatoms. The quantitative estimate of drug-likeness (QED) is 0.101. The third-order valence-electron chi connectivity index (χ3n) is 28.0. The van der Waals surface area contributed by atoms with Crippen LogP contribution in [0.25, 0.3) is 210 Å². The van der Waals surface area contributed by atoms with Gasteiger partial charge in [-0.15, -0.1) is 0 Å². The Labute approximate surface area is 893 Å². The van der Waals surface area contributed by atoms with Gasteiger partial charge in [0.2, 0.25) is 0 Å². The highest BCUT2D eigenvalue weighted by molar-refractivity contribution is 9.11. The largest absolute Gasteiger partial charge is 0.456 e. The number of halogens is 3. The summed E-state index contributed by atoms with van der Waals surface area (Å²) in [6, 6.07) is 194. The molecule has 1 aliphatic carbocycles. The lowest BCUT2D eigenvalue weighted by Gasteiger charge is -2.22. The number of anilines is 4. The zero-order valence-corrected chi connectivity index (χ0v) is 86.7. The van der Waals surface area contributed by atoms with Crippen LogP contribution in [0.1, 0.15) is 25.0 Å². The molecule has 149 heavy (non-hydrogen) atoms. The molecule has 2 N–H and O–H groups in total. The fraction of sp³-hybridized carbons (Fsp3) is 0.0213. The number of nitrogens with one attached hydrogen (secondary N) is 2. The summed E-state index contributed by atoms with van der Waals surface area (Å²) in [5.74, 6) is 0. The van der Waals surface area contributed by atoms with E-state index in [1.807, 2.05) is 60.7 Å². The molecule has 0 saturated carbocycles. The smallest absolute Gasteiger partial charge is 0.135 e. The second kappa shape index (κ2) is 43.0. The summed E-state index contributed by atoms with van der Waals surface area (Å²) >= 11 is 10.6. The Bertz CT molecular complexity index is 8960. The Kier molecular flexibility index (Phi) is 27.5. The number of hydrogen-bond donors (Lipinski definition) is 2. The van der Waals surface area contributed by atoms with Crippen LogP contribution in [0.5, 0.6) is 0 Å². The monoisotopic (exact) mass is 2100 g/mol. The summed E-state index contributed by atoms with van der Waals surface area (Å²) in [5, 5.41) is 14.1. The molecule has 712 valence electrons. The van der Waals surface area contributed by atoms with Crippen LogP contribution in [0.15, 0.2) is 579 Å². The maximum atomic E-state index is 6.00. The predicted octanol–water partition coefficient (Wildman–Crippen LogP) is 42.2. The van der Waals surface area contributed by atoms with E-state index in [1.165, 1.54) is 177 Å². The summed E-state index contributed by atoms with van der Waals surface area (Å²) in [7, 11) is 0. The maximum Gasteiger partial charge on any atom is 0.135 e. The summed E-state index contributed by atoms with van der Waals surface area (Å²) in [6.45, 7) is 4.64. The molecule has 5 nitrogen and oxygen atoms in total. The van der Waals surface area contributed by atoms with Crippen molar-refractivity contribution in [2.75, 3.05) is 10.6 Å². The van der Waals surface area contributed by atoms with E-state index in [0.29, 0.717) is 0 Å². The molecule has 0 spiro atoms. The Hall–Kier alpha value is -17.5. The van der Waals surface area contributed by atoms with Crippen LogP contribution in [0.4, 0.5) is 22.7 Å². The van der Waals surface area contributed by atoms with Crippen molar-refractivity contribution in [2.24, 2.45) is 0 Å². The molecule has 3 heterocycles. The van der Waals surface area contributed by atoms with Crippen molar-refractivity contribution in [3.63, 3.8) is 0 Å². The molecule has 0 atom stereocenters. The topological polar surface area (TPSA) is 63.5 Å². The molecule has 0 aliphatic heterocycles. The van der Waals surface area contributed by atoms with Crippen molar-refractivity contribution in [3.05, 3.63) is 577 Å². The van der Waals surface area contributed by atoms with Crippen molar-refractivity contribution in [1.29, 1.82) is 0 Å². The Balaban J connectivity index is 0.000000104. The molecule has 1 aliphatic rings. The van der Waals surface area contributed by atoms with E-state index >= 15 is 0 Å². The fourth-order valence-electron chi connectivity index (χ4n) is 20.1. The zero-order chi connectivity index (χ0) is 101. The van der Waals surface area contributed by atoms with Gasteiger partial charge in [0.1, 0.15) is 33.5 Å². The number of furan rings is 3. The van der Waals surface area contributed by atoms with Crippen molar-refractivity contribution >= 4 is 136 Å². The van der Waals surface area contributed by atoms with E-state index in [4.69, 9.17) is 13.3 Å². The second-order valence-electron chi connectivity index (χ2n) is 37.9. The van der Waals surface area contributed by atoms with Gasteiger partial charge in [0.05, 0.1) is 0 Å². The first-order chi connectivity index (χ1) is 73.2. The SMILES string of the molecule is Brc1ccc(-c2ccc(-c3ccc4oc5ccccc5c4c3)cc2)cc1.Brc1ccc(-c2ccc3oc4ccccc4c3c2)cc1.CC1(C)c2cc(Br)ccc2-c2ccc(-c3ccc4oc5ccccc5c4c3)cc21.c1ccc(-c2ccc(-c3ccc(Nc4ccc(-c5ccc(-c6ccccc6)cc5)cc4)cc3)cc2)cc1.c1ccc(-c2cccc(-c3ccc(Nc4ccc(-c5cccc(-c6ccccc6)c5)cc4)cc3)c2)cc1. The first-order valence-electron chi connectivity index (χ1n) is 50.1. The lowest BCUT2D eigenvalue weighted by Crippen LogP contribution is -2.15. The second-order valence-corrected chi connectivity index (χ2v) is 40.7. The van der Waals surface area contributed by atoms with Crippen molar-refractivity contribution in [2.45, 2.75) is 19.3 Å². The van der Waals surface area contributed by atoms with Gasteiger partial charge in [0, 0.05) is 73.9 Å². The molecule has 0 unspecified atom stereocenters. The molecular formula is C141H99Br3N2O3. The molecule has 0 fully saturated rings. The van der Waals surface area contributed by atoms with Crippen LogP contribution in [0.3, 0.4) is 0 Å². The average molecular weight is 2110 g/mol. The van der Waals surface area contributed by atoms with Gasteiger partial charge < -0.3 is 23.9 Å². The minimum absolute atomic E-state index is 0.0170. The molecule has 0 amide bonds. The standard InChI is InChI=1S/2C36H27N.C27H19BrO.C24H15BrO.C18H11BrO/c1-3-9-27(10-4-1)31-13-7-15-33(25-31)29-17-21-35(22-18-29)37-36-23-19-30(20-24-36)34-16-8-14-32(26-34)28-11-5-2-6-12-28;1-3-7-27(8-4-1)29-11-15-31(16-12-29)33-19-23-35(24-20-33)37-36-25-21-34(22-26-36)32-17-13-30(14-18-32)28-9-5-2-6-10-28;1-27(2)23-14-17(7-10-19(23)20-11-9-18(28)15-24(20)27)16-8-12-26-22(13-16)21-5-3-4-6-25(21)29-26;25-20-12-9-17(10-13-20)16-5-7-18(8-6-16)19-11-14-24-22(15-19)21-3-1-2-4-23(21)26-24;19-14-8-5-12(6-9-14)13-7-10-18-16(11-13)15-3-1-2-4-17(15)20-18/h2*1-26,37H;3-15H,1-2H3;1-15H;1-11H. The average Bonchev–Trinajstić information content (AvgIpc) is 1.57. The number of rotatable bonds is 16. The third-order valence-corrected chi connectivity index (χ3v) is 29.6. The van der Waals surface area contributed by atoms with Gasteiger partial charge in [-0.3, -0.25) is 0 Å². The number of para-hydroxylation sites is 3. The minimum atomic E-state index is -0.0170. The molecule has 0 radical (unpaired) electrons.